The lowest BCUT2D eigenvalue weighted by atomic mass is 9.64. The average molecular weight is 311 g/mol. The highest BCUT2D eigenvalue weighted by Gasteiger charge is 2.43. The van der Waals surface area contributed by atoms with Gasteiger partial charge in [0.05, 0.1) is 11.7 Å². The molecule has 23 heavy (non-hydrogen) atoms. The molecule has 1 aromatic heterocycles. The molecule has 1 N–H and O–H groups in total. The lowest BCUT2D eigenvalue weighted by Gasteiger charge is -2.40. The van der Waals surface area contributed by atoms with E-state index in [2.05, 4.69) is 33.9 Å². The van der Waals surface area contributed by atoms with E-state index in [9.17, 15) is 4.79 Å². The summed E-state index contributed by atoms with van der Waals surface area (Å²) >= 11 is 0. The normalized spacial score (nSPS) is 17.3. The maximum Gasteiger partial charge on any atom is 0.226 e. The minimum absolute atomic E-state index is 0.184. The lowest BCUT2D eigenvalue weighted by molar-refractivity contribution is -0.136. The Balaban J connectivity index is 1.53. The molecular weight excluding hydrogens is 286 g/mol. The van der Waals surface area contributed by atoms with Gasteiger partial charge in [-0.15, -0.1) is 0 Å². The number of imidazole rings is 1. The van der Waals surface area contributed by atoms with E-state index < -0.39 is 0 Å². The van der Waals surface area contributed by atoms with Gasteiger partial charge in [-0.2, -0.15) is 0 Å². The minimum Gasteiger partial charge on any atom is -0.355 e. The highest BCUT2D eigenvalue weighted by atomic mass is 16.2. The van der Waals surface area contributed by atoms with Gasteiger partial charge >= 0.3 is 0 Å². The molecular formula is C19H25N3O. The van der Waals surface area contributed by atoms with Crippen molar-refractivity contribution in [1.82, 2.24) is 14.9 Å². The number of hydrogen-bond donors (Lipinski definition) is 1. The van der Waals surface area contributed by atoms with E-state index in [1.54, 1.807) is 6.20 Å². The van der Waals surface area contributed by atoms with Crippen molar-refractivity contribution >= 4 is 5.91 Å². The van der Waals surface area contributed by atoms with Crippen LogP contribution in [0.1, 0.15) is 31.7 Å². The Morgan fingerprint density at radius 3 is 2.74 bits per heavy atom. The largest absolute Gasteiger partial charge is 0.355 e. The van der Waals surface area contributed by atoms with E-state index in [0.717, 1.165) is 32.2 Å². The Morgan fingerprint density at radius 1 is 1.35 bits per heavy atom. The van der Waals surface area contributed by atoms with Crippen LogP contribution in [0.3, 0.4) is 0 Å². The van der Waals surface area contributed by atoms with Crippen molar-refractivity contribution in [3.63, 3.8) is 0 Å². The summed E-state index contributed by atoms with van der Waals surface area (Å²) in [5.74, 6) is 0.618. The molecule has 0 spiro atoms. The summed E-state index contributed by atoms with van der Waals surface area (Å²) < 4.78 is 2.06. The molecule has 0 bridgehead atoms. The predicted octanol–water partition coefficient (Wildman–Crippen LogP) is 3.05. The molecule has 0 radical (unpaired) electrons. The Bertz CT molecular complexity index is 617. The fraction of sp³-hybridized carbons (Fsp3) is 0.474. The van der Waals surface area contributed by atoms with Gasteiger partial charge in [-0.25, -0.2) is 4.98 Å². The first-order valence-corrected chi connectivity index (χ1v) is 8.46. The molecule has 1 aliphatic rings. The van der Waals surface area contributed by atoms with Crippen LogP contribution < -0.4 is 5.32 Å². The molecule has 1 saturated carbocycles. The smallest absolute Gasteiger partial charge is 0.226 e. The first-order chi connectivity index (χ1) is 11.2. The first kappa shape index (κ1) is 15.8. The Morgan fingerprint density at radius 2 is 2.13 bits per heavy atom. The summed E-state index contributed by atoms with van der Waals surface area (Å²) in [6.07, 6.45) is 9.59. The fourth-order valence-corrected chi connectivity index (χ4v) is 3.35. The van der Waals surface area contributed by atoms with E-state index in [0.29, 0.717) is 12.5 Å². The maximum atomic E-state index is 12.7. The zero-order valence-electron chi connectivity index (χ0n) is 13.7. The van der Waals surface area contributed by atoms with Crippen molar-refractivity contribution in [3.05, 3.63) is 54.6 Å². The van der Waals surface area contributed by atoms with Gasteiger partial charge in [0.2, 0.25) is 5.91 Å². The van der Waals surface area contributed by atoms with Crippen molar-refractivity contribution in [2.24, 2.45) is 11.3 Å². The van der Waals surface area contributed by atoms with Gasteiger partial charge in [-0.3, -0.25) is 4.79 Å². The standard InChI is InChI=1S/C19H25N3O/c1-16(14-22-11-10-20-15-22)13-21-18(23)19(8-5-9-19)12-17-6-3-2-4-7-17/h2-4,6-7,10-11,15-16H,5,8-9,12-14H2,1H3,(H,21,23). The Kier molecular flexibility index (Phi) is 4.79. The van der Waals surface area contributed by atoms with E-state index in [4.69, 9.17) is 0 Å². The first-order valence-electron chi connectivity index (χ1n) is 8.46. The number of nitrogens with one attached hydrogen (secondary N) is 1. The van der Waals surface area contributed by atoms with Gasteiger partial charge in [0, 0.05) is 25.5 Å². The molecule has 1 aromatic carbocycles. The van der Waals surface area contributed by atoms with E-state index in [1.807, 2.05) is 30.7 Å². The van der Waals surface area contributed by atoms with Gasteiger partial charge in [0.25, 0.3) is 0 Å². The van der Waals surface area contributed by atoms with Crippen molar-refractivity contribution in [3.8, 4) is 0 Å². The number of aromatic nitrogens is 2. The number of carbonyl (C=O) groups excluding carboxylic acids is 1. The minimum atomic E-state index is -0.184. The second-order valence-corrected chi connectivity index (χ2v) is 6.87. The number of amides is 1. The van der Waals surface area contributed by atoms with Crippen LogP contribution in [0.4, 0.5) is 0 Å². The number of hydrogen-bond acceptors (Lipinski definition) is 2. The van der Waals surface area contributed by atoms with Crippen molar-refractivity contribution in [2.45, 2.75) is 39.2 Å². The van der Waals surface area contributed by atoms with Gasteiger partial charge in [-0.05, 0) is 30.7 Å². The van der Waals surface area contributed by atoms with Gasteiger partial charge in [-0.1, -0.05) is 43.7 Å². The quantitative estimate of drug-likeness (QED) is 0.854. The molecule has 1 amide bonds. The third-order valence-electron chi connectivity index (χ3n) is 4.87. The summed E-state index contributed by atoms with van der Waals surface area (Å²) in [7, 11) is 0. The zero-order valence-corrected chi connectivity index (χ0v) is 13.7. The molecule has 0 saturated heterocycles. The number of rotatable bonds is 7. The zero-order chi connectivity index (χ0) is 16.1. The molecule has 0 aliphatic heterocycles. The molecule has 2 aromatic rings. The van der Waals surface area contributed by atoms with Crippen LogP contribution in [0.5, 0.6) is 0 Å². The van der Waals surface area contributed by atoms with Gasteiger partial charge < -0.3 is 9.88 Å². The number of benzene rings is 1. The molecule has 4 nitrogen and oxygen atoms in total. The van der Waals surface area contributed by atoms with Crippen LogP contribution in [0.25, 0.3) is 0 Å². The predicted molar refractivity (Wildman–Crippen MR) is 90.8 cm³/mol. The van der Waals surface area contributed by atoms with E-state index in [-0.39, 0.29) is 11.3 Å². The Labute approximate surface area is 137 Å². The van der Waals surface area contributed by atoms with Crippen molar-refractivity contribution < 1.29 is 4.79 Å². The van der Waals surface area contributed by atoms with Gasteiger partial charge in [0.15, 0.2) is 0 Å². The molecule has 1 aliphatic carbocycles. The van der Waals surface area contributed by atoms with Gasteiger partial charge in [0.1, 0.15) is 0 Å². The lowest BCUT2D eigenvalue weighted by Crippen LogP contribution is -2.48. The topological polar surface area (TPSA) is 46.9 Å². The molecule has 122 valence electrons. The molecule has 1 fully saturated rings. The molecule has 4 heteroatoms. The second-order valence-electron chi connectivity index (χ2n) is 6.87. The van der Waals surface area contributed by atoms with Crippen LogP contribution in [0.15, 0.2) is 49.1 Å². The van der Waals surface area contributed by atoms with Crippen molar-refractivity contribution in [1.29, 1.82) is 0 Å². The monoisotopic (exact) mass is 311 g/mol. The highest BCUT2D eigenvalue weighted by molar-refractivity contribution is 5.83. The number of carbonyl (C=O) groups is 1. The maximum absolute atomic E-state index is 12.7. The van der Waals surface area contributed by atoms with Crippen molar-refractivity contribution in [2.75, 3.05) is 6.54 Å². The van der Waals surface area contributed by atoms with Crippen LogP contribution in [-0.4, -0.2) is 22.0 Å². The Hall–Kier alpha value is -2.10. The van der Waals surface area contributed by atoms with E-state index in [1.165, 1.54) is 5.56 Å². The van der Waals surface area contributed by atoms with Crippen LogP contribution in [0, 0.1) is 11.3 Å². The third kappa shape index (κ3) is 3.81. The third-order valence-corrected chi connectivity index (χ3v) is 4.87. The van der Waals surface area contributed by atoms with E-state index >= 15 is 0 Å². The van der Waals surface area contributed by atoms with Crippen LogP contribution in [0.2, 0.25) is 0 Å². The molecule has 1 heterocycles. The molecule has 3 rings (SSSR count). The molecule has 1 unspecified atom stereocenters. The number of nitrogens with zero attached hydrogens (tertiary/aromatic N) is 2. The second kappa shape index (κ2) is 6.99. The summed E-state index contributed by atoms with van der Waals surface area (Å²) in [4.78, 5) is 16.8. The summed E-state index contributed by atoms with van der Waals surface area (Å²) in [5, 5.41) is 3.19. The van der Waals surface area contributed by atoms with Crippen LogP contribution in [-0.2, 0) is 17.8 Å². The summed E-state index contributed by atoms with van der Waals surface area (Å²) in [5.41, 5.74) is 1.07. The average Bonchev–Trinajstić information content (AvgIpc) is 3.02. The van der Waals surface area contributed by atoms with Crippen LogP contribution >= 0.6 is 0 Å². The summed E-state index contributed by atoms with van der Waals surface area (Å²) in [6, 6.07) is 10.4. The highest BCUT2D eigenvalue weighted by Crippen LogP contribution is 2.44. The summed E-state index contributed by atoms with van der Waals surface area (Å²) in [6.45, 7) is 3.75. The fourth-order valence-electron chi connectivity index (χ4n) is 3.35. The molecule has 1 atom stereocenters. The SMILES string of the molecule is CC(CNC(=O)C1(Cc2ccccc2)CCC1)Cn1ccnc1.